The first kappa shape index (κ1) is 8.81. The Morgan fingerprint density at radius 1 is 1.36 bits per heavy atom. The summed E-state index contributed by atoms with van der Waals surface area (Å²) >= 11 is 0. The van der Waals surface area contributed by atoms with Crippen molar-refractivity contribution in [2.45, 2.75) is 31.3 Å². The number of carbonyl (C=O) groups is 1. The van der Waals surface area contributed by atoms with Crippen molar-refractivity contribution in [2.75, 3.05) is 6.54 Å². The third-order valence-electron chi connectivity index (χ3n) is 2.06. The van der Waals surface area contributed by atoms with Crippen LogP contribution in [0.2, 0.25) is 0 Å². The number of amides is 1. The molecule has 1 amide bonds. The van der Waals surface area contributed by atoms with E-state index in [0.717, 1.165) is 13.0 Å². The minimum absolute atomic E-state index is 0. The quantitative estimate of drug-likeness (QED) is 0.625. The summed E-state index contributed by atoms with van der Waals surface area (Å²) in [6.45, 7) is 1.00. The molecule has 1 atom stereocenters. The van der Waals surface area contributed by atoms with Crippen molar-refractivity contribution < 1.29 is 4.79 Å². The van der Waals surface area contributed by atoms with E-state index >= 15 is 0 Å². The van der Waals surface area contributed by atoms with Crippen LogP contribution in [0, 0.1) is 0 Å². The van der Waals surface area contributed by atoms with Crippen LogP contribution in [0.3, 0.4) is 0 Å². The summed E-state index contributed by atoms with van der Waals surface area (Å²) in [5, 5.41) is 6.02. The molecule has 0 unspecified atom stereocenters. The molecule has 0 radical (unpaired) electrons. The Kier molecular flexibility index (Phi) is 2.73. The number of halogens is 1. The molecule has 1 saturated heterocycles. The van der Waals surface area contributed by atoms with E-state index in [0.29, 0.717) is 6.04 Å². The summed E-state index contributed by atoms with van der Waals surface area (Å²) < 4.78 is 0. The van der Waals surface area contributed by atoms with Gasteiger partial charge in [-0.05, 0) is 25.8 Å². The van der Waals surface area contributed by atoms with Crippen molar-refractivity contribution in [3.8, 4) is 0 Å². The average molecular weight is 177 g/mol. The first-order valence-corrected chi connectivity index (χ1v) is 3.90. The molecule has 0 spiro atoms. The minimum atomic E-state index is 0. The van der Waals surface area contributed by atoms with Crippen molar-refractivity contribution >= 4 is 18.3 Å². The summed E-state index contributed by atoms with van der Waals surface area (Å²) in [5.41, 5.74) is 0. The second-order valence-corrected chi connectivity index (χ2v) is 3.08. The zero-order valence-electron chi connectivity index (χ0n) is 6.30. The van der Waals surface area contributed by atoms with E-state index in [9.17, 15) is 4.79 Å². The summed E-state index contributed by atoms with van der Waals surface area (Å²) in [6.07, 6.45) is 3.37. The van der Waals surface area contributed by atoms with Gasteiger partial charge in [-0.3, -0.25) is 4.79 Å². The molecule has 1 heterocycles. The van der Waals surface area contributed by atoms with Crippen LogP contribution in [0.4, 0.5) is 0 Å². The summed E-state index contributed by atoms with van der Waals surface area (Å²) in [6, 6.07) is 0.635. The fraction of sp³-hybridized carbons (Fsp3) is 0.857. The first-order valence-electron chi connectivity index (χ1n) is 3.90. The van der Waals surface area contributed by atoms with Gasteiger partial charge in [0.15, 0.2) is 0 Å². The van der Waals surface area contributed by atoms with Crippen LogP contribution >= 0.6 is 12.4 Å². The normalized spacial score (nSPS) is 28.2. The molecule has 11 heavy (non-hydrogen) atoms. The van der Waals surface area contributed by atoms with E-state index in [-0.39, 0.29) is 24.4 Å². The van der Waals surface area contributed by atoms with Gasteiger partial charge >= 0.3 is 0 Å². The molecule has 1 saturated carbocycles. The molecule has 3 nitrogen and oxygen atoms in total. The SMILES string of the molecule is Cl.O=C(NC1CC1)[C@@H]1CCN1. The lowest BCUT2D eigenvalue weighted by atomic mass is 10.1. The van der Waals surface area contributed by atoms with Crippen LogP contribution in [0.15, 0.2) is 0 Å². The van der Waals surface area contributed by atoms with Crippen LogP contribution in [-0.4, -0.2) is 24.5 Å². The predicted octanol–water partition coefficient (Wildman–Crippen LogP) is 0.0487. The Labute approximate surface area is 72.3 Å². The van der Waals surface area contributed by atoms with Gasteiger partial charge in [0.1, 0.15) is 0 Å². The van der Waals surface area contributed by atoms with Crippen LogP contribution in [-0.2, 0) is 4.79 Å². The Balaban J connectivity index is 0.000000605. The molecule has 0 bridgehead atoms. The van der Waals surface area contributed by atoms with Gasteiger partial charge in [0, 0.05) is 6.04 Å². The topological polar surface area (TPSA) is 41.1 Å². The summed E-state index contributed by atoms with van der Waals surface area (Å²) in [5.74, 6) is 0.203. The highest BCUT2D eigenvalue weighted by Crippen LogP contribution is 2.19. The van der Waals surface area contributed by atoms with Crippen LogP contribution in [0.1, 0.15) is 19.3 Å². The molecular formula is C7H13ClN2O. The lowest BCUT2D eigenvalue weighted by Crippen LogP contribution is -2.53. The highest BCUT2D eigenvalue weighted by atomic mass is 35.5. The third kappa shape index (κ3) is 2.07. The smallest absolute Gasteiger partial charge is 0.237 e. The van der Waals surface area contributed by atoms with Gasteiger partial charge in [0.05, 0.1) is 6.04 Å². The molecule has 0 aromatic carbocycles. The predicted molar refractivity (Wildman–Crippen MR) is 44.8 cm³/mol. The van der Waals surface area contributed by atoms with Gasteiger partial charge in [-0.15, -0.1) is 12.4 Å². The molecule has 2 N–H and O–H groups in total. The molecule has 0 aromatic heterocycles. The van der Waals surface area contributed by atoms with E-state index in [1.165, 1.54) is 12.8 Å². The maximum atomic E-state index is 11.1. The van der Waals surface area contributed by atoms with Crippen LogP contribution in [0.25, 0.3) is 0 Å². The molecular weight excluding hydrogens is 164 g/mol. The van der Waals surface area contributed by atoms with E-state index in [4.69, 9.17) is 0 Å². The number of carbonyl (C=O) groups excluding carboxylic acids is 1. The zero-order valence-corrected chi connectivity index (χ0v) is 7.12. The average Bonchev–Trinajstić information content (AvgIpc) is 2.43. The fourth-order valence-electron chi connectivity index (χ4n) is 1.04. The monoisotopic (exact) mass is 176 g/mol. The molecule has 64 valence electrons. The molecule has 0 aromatic rings. The van der Waals surface area contributed by atoms with Gasteiger partial charge in [-0.25, -0.2) is 0 Å². The molecule has 1 aliphatic heterocycles. The van der Waals surface area contributed by atoms with E-state index in [2.05, 4.69) is 10.6 Å². The van der Waals surface area contributed by atoms with Crippen molar-refractivity contribution in [1.82, 2.24) is 10.6 Å². The first-order chi connectivity index (χ1) is 4.86. The van der Waals surface area contributed by atoms with Crippen LogP contribution in [0.5, 0.6) is 0 Å². The van der Waals surface area contributed by atoms with Crippen LogP contribution < -0.4 is 10.6 Å². The van der Waals surface area contributed by atoms with Crippen molar-refractivity contribution in [2.24, 2.45) is 0 Å². The van der Waals surface area contributed by atoms with E-state index < -0.39 is 0 Å². The minimum Gasteiger partial charge on any atom is -0.352 e. The zero-order chi connectivity index (χ0) is 6.97. The van der Waals surface area contributed by atoms with Crippen molar-refractivity contribution in [1.29, 1.82) is 0 Å². The summed E-state index contributed by atoms with van der Waals surface area (Å²) in [4.78, 5) is 11.1. The van der Waals surface area contributed by atoms with Gasteiger partial charge < -0.3 is 10.6 Å². The standard InChI is InChI=1S/C7H12N2O.ClH/c10-7(6-3-4-8-6)9-5-1-2-5;/h5-6,8H,1-4H2,(H,9,10);1H/t6-;/m0./s1. The fourth-order valence-corrected chi connectivity index (χ4v) is 1.04. The maximum absolute atomic E-state index is 11.1. The Hall–Kier alpha value is -0.280. The molecule has 2 aliphatic rings. The maximum Gasteiger partial charge on any atom is 0.237 e. The Morgan fingerprint density at radius 2 is 2.00 bits per heavy atom. The van der Waals surface area contributed by atoms with E-state index in [1.807, 2.05) is 0 Å². The van der Waals surface area contributed by atoms with Gasteiger partial charge in [-0.1, -0.05) is 0 Å². The number of hydrogen-bond donors (Lipinski definition) is 2. The highest BCUT2D eigenvalue weighted by Gasteiger charge is 2.29. The van der Waals surface area contributed by atoms with Gasteiger partial charge in [0.2, 0.25) is 5.91 Å². The second kappa shape index (κ2) is 3.41. The van der Waals surface area contributed by atoms with Crippen molar-refractivity contribution in [3.05, 3.63) is 0 Å². The molecule has 2 rings (SSSR count). The van der Waals surface area contributed by atoms with Crippen molar-refractivity contribution in [3.63, 3.8) is 0 Å². The third-order valence-corrected chi connectivity index (χ3v) is 2.06. The number of rotatable bonds is 2. The van der Waals surface area contributed by atoms with Gasteiger partial charge in [-0.2, -0.15) is 0 Å². The number of nitrogens with one attached hydrogen (secondary N) is 2. The number of hydrogen-bond acceptors (Lipinski definition) is 2. The molecule has 4 heteroatoms. The Morgan fingerprint density at radius 3 is 2.36 bits per heavy atom. The Bertz CT molecular complexity index is 155. The largest absolute Gasteiger partial charge is 0.352 e. The second-order valence-electron chi connectivity index (χ2n) is 3.08. The molecule has 1 aliphatic carbocycles. The highest BCUT2D eigenvalue weighted by molar-refractivity contribution is 5.85. The summed E-state index contributed by atoms with van der Waals surface area (Å²) in [7, 11) is 0. The van der Waals surface area contributed by atoms with Gasteiger partial charge in [0.25, 0.3) is 0 Å². The lowest BCUT2D eigenvalue weighted by Gasteiger charge is -2.26. The van der Waals surface area contributed by atoms with E-state index in [1.54, 1.807) is 0 Å². The molecule has 2 fully saturated rings. The lowest BCUT2D eigenvalue weighted by molar-refractivity contribution is -0.124.